The molecule has 2 rings (SSSR count). The van der Waals surface area contributed by atoms with Gasteiger partial charge in [0.15, 0.2) is 0 Å². The summed E-state index contributed by atoms with van der Waals surface area (Å²) < 4.78 is 19.3. The number of rotatable bonds is 4. The maximum Gasteiger partial charge on any atom is 0.123 e. The van der Waals surface area contributed by atoms with Gasteiger partial charge in [0.1, 0.15) is 18.2 Å². The normalized spacial score (nSPS) is 11.0. The van der Waals surface area contributed by atoms with E-state index in [-0.39, 0.29) is 5.82 Å². The van der Waals surface area contributed by atoms with E-state index in [4.69, 9.17) is 10.5 Å². The Hall–Kier alpha value is -2.03. The van der Waals surface area contributed by atoms with E-state index < -0.39 is 0 Å². The van der Waals surface area contributed by atoms with Crippen LogP contribution in [-0.4, -0.2) is 0 Å². The van der Waals surface area contributed by atoms with Gasteiger partial charge in [-0.1, -0.05) is 19.9 Å². The first kappa shape index (κ1) is 15.4. The number of nitrogens with two attached hydrogens (primary N) is 1. The van der Waals surface area contributed by atoms with Crippen LogP contribution in [0.3, 0.4) is 0 Å². The van der Waals surface area contributed by atoms with Crippen molar-refractivity contribution in [2.75, 3.05) is 5.73 Å². The average molecular weight is 287 g/mol. The van der Waals surface area contributed by atoms with Crippen LogP contribution in [0.2, 0.25) is 0 Å². The number of ether oxygens (including phenoxy) is 1. The van der Waals surface area contributed by atoms with Gasteiger partial charge in [0.25, 0.3) is 0 Å². The molecule has 0 fully saturated rings. The molecule has 0 saturated carbocycles. The molecule has 0 aromatic heterocycles. The summed E-state index contributed by atoms with van der Waals surface area (Å²) in [5.74, 6) is 0.897. The molecule has 2 aromatic rings. The molecule has 0 aliphatic carbocycles. The molecule has 3 heteroatoms. The third-order valence-corrected chi connectivity index (χ3v) is 3.71. The van der Waals surface area contributed by atoms with Crippen molar-refractivity contribution in [2.24, 2.45) is 0 Å². The quantitative estimate of drug-likeness (QED) is 0.825. The monoisotopic (exact) mass is 287 g/mol. The molecule has 21 heavy (non-hydrogen) atoms. The van der Waals surface area contributed by atoms with Gasteiger partial charge < -0.3 is 10.5 Å². The molecule has 0 aliphatic heterocycles. The zero-order chi connectivity index (χ0) is 15.6. The van der Waals surface area contributed by atoms with Crippen LogP contribution < -0.4 is 10.5 Å². The first-order chi connectivity index (χ1) is 9.88. The topological polar surface area (TPSA) is 35.2 Å². The Bertz CT molecular complexity index is 650. The number of halogens is 1. The van der Waals surface area contributed by atoms with Crippen molar-refractivity contribution < 1.29 is 9.13 Å². The highest BCUT2D eigenvalue weighted by Crippen LogP contribution is 2.31. The lowest BCUT2D eigenvalue weighted by atomic mass is 9.99. The second-order valence-corrected chi connectivity index (χ2v) is 5.76. The fourth-order valence-corrected chi connectivity index (χ4v) is 2.24. The molecule has 2 nitrogen and oxygen atoms in total. The Labute approximate surface area is 125 Å². The van der Waals surface area contributed by atoms with Crippen LogP contribution >= 0.6 is 0 Å². The van der Waals surface area contributed by atoms with E-state index in [1.165, 1.54) is 12.1 Å². The van der Waals surface area contributed by atoms with Crippen molar-refractivity contribution in [3.8, 4) is 5.75 Å². The van der Waals surface area contributed by atoms with Gasteiger partial charge in [-0.25, -0.2) is 4.39 Å². The Balaban J connectivity index is 2.27. The minimum Gasteiger partial charge on any atom is -0.489 e. The van der Waals surface area contributed by atoms with Gasteiger partial charge in [-0.05, 0) is 66.3 Å². The van der Waals surface area contributed by atoms with Gasteiger partial charge in [-0.3, -0.25) is 0 Å². The summed E-state index contributed by atoms with van der Waals surface area (Å²) in [7, 11) is 0. The van der Waals surface area contributed by atoms with Crippen molar-refractivity contribution in [3.05, 3.63) is 58.4 Å². The van der Waals surface area contributed by atoms with Gasteiger partial charge in [-0.15, -0.1) is 0 Å². The summed E-state index contributed by atoms with van der Waals surface area (Å²) in [6.45, 7) is 8.47. The molecule has 0 atom stereocenters. The van der Waals surface area contributed by atoms with Crippen LogP contribution in [0, 0.1) is 19.7 Å². The lowest BCUT2D eigenvalue weighted by molar-refractivity contribution is 0.300. The summed E-state index contributed by atoms with van der Waals surface area (Å²) in [6.07, 6.45) is 0. The minimum absolute atomic E-state index is 0.239. The molecule has 0 spiro atoms. The van der Waals surface area contributed by atoms with Crippen LogP contribution in [0.1, 0.15) is 42.0 Å². The number of anilines is 1. The third-order valence-electron chi connectivity index (χ3n) is 3.71. The molecular weight excluding hydrogens is 265 g/mol. The molecule has 2 aromatic carbocycles. The van der Waals surface area contributed by atoms with E-state index in [9.17, 15) is 4.39 Å². The van der Waals surface area contributed by atoms with Crippen LogP contribution in [0.4, 0.5) is 10.1 Å². The van der Waals surface area contributed by atoms with Crippen LogP contribution in [0.5, 0.6) is 5.75 Å². The fraction of sp³-hybridized carbons (Fsp3) is 0.333. The molecular formula is C18H22FNO. The molecule has 0 unspecified atom stereocenters. The van der Waals surface area contributed by atoms with Gasteiger partial charge in [-0.2, -0.15) is 0 Å². The zero-order valence-corrected chi connectivity index (χ0v) is 13.0. The highest BCUT2D eigenvalue weighted by atomic mass is 19.1. The Morgan fingerprint density at radius 3 is 2.48 bits per heavy atom. The standard InChI is InChI=1S/C18H22FNO/c1-11(2)16-9-17(20)13(4)7-18(16)21-10-14-8-15(19)6-5-12(14)3/h5-9,11H,10,20H2,1-4H3. The largest absolute Gasteiger partial charge is 0.489 e. The Morgan fingerprint density at radius 2 is 1.81 bits per heavy atom. The van der Waals surface area contributed by atoms with Crippen molar-refractivity contribution >= 4 is 5.69 Å². The highest BCUT2D eigenvalue weighted by molar-refractivity contribution is 5.55. The van der Waals surface area contributed by atoms with E-state index in [1.54, 1.807) is 6.07 Å². The Kier molecular flexibility index (Phi) is 4.51. The number of hydrogen-bond donors (Lipinski definition) is 1. The second kappa shape index (κ2) is 6.17. The summed E-state index contributed by atoms with van der Waals surface area (Å²) in [5.41, 5.74) is 10.7. The maximum atomic E-state index is 13.3. The SMILES string of the molecule is Cc1cc(OCc2cc(F)ccc2C)c(C(C)C)cc1N. The predicted octanol–water partition coefficient (Wildman–Crippen LogP) is 4.73. The van der Waals surface area contributed by atoms with Gasteiger partial charge >= 0.3 is 0 Å². The highest BCUT2D eigenvalue weighted by Gasteiger charge is 2.11. The third kappa shape index (κ3) is 3.54. The molecule has 0 heterocycles. The van der Waals surface area contributed by atoms with Crippen LogP contribution in [0.25, 0.3) is 0 Å². The molecule has 0 aliphatic rings. The van der Waals surface area contributed by atoms with E-state index in [1.807, 2.05) is 26.0 Å². The lowest BCUT2D eigenvalue weighted by Gasteiger charge is -2.17. The lowest BCUT2D eigenvalue weighted by Crippen LogP contribution is -2.04. The summed E-state index contributed by atoms with van der Waals surface area (Å²) >= 11 is 0. The van der Waals surface area contributed by atoms with E-state index in [0.29, 0.717) is 12.5 Å². The Morgan fingerprint density at radius 1 is 1.10 bits per heavy atom. The van der Waals surface area contributed by atoms with Gasteiger partial charge in [0.05, 0.1) is 0 Å². The first-order valence-electron chi connectivity index (χ1n) is 7.16. The smallest absolute Gasteiger partial charge is 0.123 e. The average Bonchev–Trinajstić information content (AvgIpc) is 2.42. The van der Waals surface area contributed by atoms with Gasteiger partial charge in [0.2, 0.25) is 0 Å². The number of nitrogen functional groups attached to an aromatic ring is 1. The maximum absolute atomic E-state index is 13.3. The van der Waals surface area contributed by atoms with Crippen LogP contribution in [0.15, 0.2) is 30.3 Å². The summed E-state index contributed by atoms with van der Waals surface area (Å²) in [6, 6.07) is 8.68. The van der Waals surface area contributed by atoms with Gasteiger partial charge in [0, 0.05) is 5.69 Å². The van der Waals surface area contributed by atoms with E-state index in [0.717, 1.165) is 33.7 Å². The molecule has 0 saturated heterocycles. The number of aryl methyl sites for hydroxylation is 2. The van der Waals surface area contributed by atoms with Crippen molar-refractivity contribution in [1.82, 2.24) is 0 Å². The van der Waals surface area contributed by atoms with E-state index in [2.05, 4.69) is 13.8 Å². The number of hydrogen-bond acceptors (Lipinski definition) is 2. The minimum atomic E-state index is -0.239. The van der Waals surface area contributed by atoms with Crippen LogP contribution in [-0.2, 0) is 6.61 Å². The first-order valence-corrected chi connectivity index (χ1v) is 7.16. The summed E-state index contributed by atoms with van der Waals surface area (Å²) in [5, 5.41) is 0. The van der Waals surface area contributed by atoms with Crippen molar-refractivity contribution in [3.63, 3.8) is 0 Å². The zero-order valence-electron chi connectivity index (χ0n) is 13.0. The van der Waals surface area contributed by atoms with Crippen molar-refractivity contribution in [2.45, 2.75) is 40.2 Å². The summed E-state index contributed by atoms with van der Waals surface area (Å²) in [4.78, 5) is 0. The molecule has 2 N–H and O–H groups in total. The molecule has 112 valence electrons. The van der Waals surface area contributed by atoms with Crippen molar-refractivity contribution in [1.29, 1.82) is 0 Å². The molecule has 0 radical (unpaired) electrons. The molecule has 0 bridgehead atoms. The fourth-order valence-electron chi connectivity index (χ4n) is 2.24. The van der Waals surface area contributed by atoms with E-state index >= 15 is 0 Å². The predicted molar refractivity (Wildman–Crippen MR) is 85.1 cm³/mol. The molecule has 0 amide bonds. The second-order valence-electron chi connectivity index (χ2n) is 5.76. The number of benzene rings is 2.